The number of nitrogens with one attached hydrogen (secondary N) is 1. The number of hydrogen-bond acceptors (Lipinski definition) is 3. The summed E-state index contributed by atoms with van der Waals surface area (Å²) >= 11 is 0. The molecule has 0 saturated carbocycles. The number of rotatable bonds is 3. The summed E-state index contributed by atoms with van der Waals surface area (Å²) < 4.78 is 4.30. The Labute approximate surface area is 60.2 Å². The zero-order valence-electron chi connectivity index (χ0n) is 6.26. The Morgan fingerprint density at radius 2 is 2.40 bits per heavy atom. The SMILES string of the molecule is COC(=O)NCC[C@@H](C)O. The van der Waals surface area contributed by atoms with Crippen molar-refractivity contribution in [2.45, 2.75) is 19.4 Å². The second kappa shape index (κ2) is 5.05. The Balaban J connectivity index is 3.12. The van der Waals surface area contributed by atoms with E-state index in [0.717, 1.165) is 0 Å². The summed E-state index contributed by atoms with van der Waals surface area (Å²) in [6, 6.07) is 0. The van der Waals surface area contributed by atoms with Gasteiger partial charge in [0.2, 0.25) is 0 Å². The molecule has 60 valence electrons. The molecule has 0 fully saturated rings. The van der Waals surface area contributed by atoms with E-state index in [2.05, 4.69) is 10.1 Å². The molecule has 0 aliphatic carbocycles. The number of ether oxygens (including phenoxy) is 1. The minimum Gasteiger partial charge on any atom is -0.453 e. The van der Waals surface area contributed by atoms with E-state index in [1.165, 1.54) is 7.11 Å². The van der Waals surface area contributed by atoms with Crippen molar-refractivity contribution in [3.05, 3.63) is 0 Å². The second-order valence-electron chi connectivity index (χ2n) is 2.06. The molecule has 0 aromatic rings. The molecule has 4 nitrogen and oxygen atoms in total. The highest BCUT2D eigenvalue weighted by Crippen LogP contribution is 1.85. The minimum absolute atomic E-state index is 0.378. The van der Waals surface area contributed by atoms with Gasteiger partial charge in [0.15, 0.2) is 0 Å². The normalized spacial score (nSPS) is 12.3. The Morgan fingerprint density at radius 3 is 2.80 bits per heavy atom. The molecule has 0 rings (SSSR count). The van der Waals surface area contributed by atoms with Crippen LogP contribution < -0.4 is 5.32 Å². The first-order chi connectivity index (χ1) is 4.66. The van der Waals surface area contributed by atoms with Crippen molar-refractivity contribution in [3.63, 3.8) is 0 Å². The molecular weight excluding hydrogens is 134 g/mol. The van der Waals surface area contributed by atoms with E-state index in [0.29, 0.717) is 13.0 Å². The van der Waals surface area contributed by atoms with Crippen LogP contribution in [0.15, 0.2) is 0 Å². The zero-order chi connectivity index (χ0) is 7.98. The predicted octanol–water partition coefficient (Wildman–Crippen LogP) is 0.113. The molecule has 0 saturated heterocycles. The van der Waals surface area contributed by atoms with Gasteiger partial charge >= 0.3 is 6.09 Å². The fourth-order valence-electron chi connectivity index (χ4n) is 0.455. The van der Waals surface area contributed by atoms with Gasteiger partial charge < -0.3 is 15.2 Å². The van der Waals surface area contributed by atoms with Gasteiger partial charge in [-0.2, -0.15) is 0 Å². The molecule has 0 aromatic carbocycles. The van der Waals surface area contributed by atoms with Crippen LogP contribution in [0.4, 0.5) is 4.79 Å². The molecule has 10 heavy (non-hydrogen) atoms. The minimum atomic E-state index is -0.458. The number of aliphatic hydroxyl groups is 1. The van der Waals surface area contributed by atoms with Gasteiger partial charge in [-0.3, -0.25) is 0 Å². The quantitative estimate of drug-likeness (QED) is 0.595. The maximum absolute atomic E-state index is 10.4. The largest absolute Gasteiger partial charge is 0.453 e. The molecule has 4 heteroatoms. The molecule has 0 radical (unpaired) electrons. The molecule has 1 amide bonds. The molecule has 0 unspecified atom stereocenters. The van der Waals surface area contributed by atoms with Crippen LogP contribution in [-0.2, 0) is 4.74 Å². The third-order valence-electron chi connectivity index (χ3n) is 1.02. The van der Waals surface area contributed by atoms with Gasteiger partial charge in [-0.15, -0.1) is 0 Å². The third-order valence-corrected chi connectivity index (χ3v) is 1.02. The Morgan fingerprint density at radius 1 is 1.80 bits per heavy atom. The lowest BCUT2D eigenvalue weighted by Crippen LogP contribution is -2.26. The van der Waals surface area contributed by atoms with Gasteiger partial charge in [-0.05, 0) is 13.3 Å². The summed E-state index contributed by atoms with van der Waals surface area (Å²) in [5.41, 5.74) is 0. The van der Waals surface area contributed by atoms with E-state index in [-0.39, 0.29) is 6.10 Å². The van der Waals surface area contributed by atoms with Crippen molar-refractivity contribution in [2.24, 2.45) is 0 Å². The first kappa shape index (κ1) is 9.23. The van der Waals surface area contributed by atoms with E-state index in [9.17, 15) is 4.79 Å². The van der Waals surface area contributed by atoms with Crippen molar-refractivity contribution in [2.75, 3.05) is 13.7 Å². The molecule has 1 atom stereocenters. The van der Waals surface area contributed by atoms with E-state index in [1.54, 1.807) is 6.92 Å². The molecular formula is C6H13NO3. The van der Waals surface area contributed by atoms with E-state index >= 15 is 0 Å². The summed E-state index contributed by atoms with van der Waals surface area (Å²) in [5, 5.41) is 11.2. The lowest BCUT2D eigenvalue weighted by Gasteiger charge is -2.04. The van der Waals surface area contributed by atoms with Crippen LogP contribution in [0.25, 0.3) is 0 Å². The molecule has 0 aliphatic heterocycles. The first-order valence-electron chi connectivity index (χ1n) is 3.16. The molecule has 0 aromatic heterocycles. The smallest absolute Gasteiger partial charge is 0.406 e. The van der Waals surface area contributed by atoms with Gasteiger partial charge in [0.25, 0.3) is 0 Å². The van der Waals surface area contributed by atoms with E-state index in [4.69, 9.17) is 5.11 Å². The van der Waals surface area contributed by atoms with Gasteiger partial charge in [0, 0.05) is 6.54 Å². The summed E-state index contributed by atoms with van der Waals surface area (Å²) in [7, 11) is 1.30. The van der Waals surface area contributed by atoms with Crippen molar-refractivity contribution in [1.29, 1.82) is 0 Å². The van der Waals surface area contributed by atoms with Crippen molar-refractivity contribution in [1.82, 2.24) is 5.32 Å². The van der Waals surface area contributed by atoms with Gasteiger partial charge in [0.05, 0.1) is 13.2 Å². The highest BCUT2D eigenvalue weighted by Gasteiger charge is 1.98. The number of carbonyl (C=O) groups is 1. The molecule has 0 bridgehead atoms. The Hall–Kier alpha value is -0.770. The summed E-state index contributed by atoms with van der Waals surface area (Å²) in [5.74, 6) is 0. The Bertz CT molecular complexity index is 103. The van der Waals surface area contributed by atoms with Crippen molar-refractivity contribution in [3.8, 4) is 0 Å². The fraction of sp³-hybridized carbons (Fsp3) is 0.833. The van der Waals surface area contributed by atoms with Gasteiger partial charge in [-0.1, -0.05) is 0 Å². The van der Waals surface area contributed by atoms with Crippen LogP contribution in [-0.4, -0.2) is 31.0 Å². The number of amides is 1. The van der Waals surface area contributed by atoms with Crippen LogP contribution in [0.2, 0.25) is 0 Å². The van der Waals surface area contributed by atoms with Crippen LogP contribution >= 0.6 is 0 Å². The molecule has 0 heterocycles. The third kappa shape index (κ3) is 5.37. The van der Waals surface area contributed by atoms with Gasteiger partial charge in [-0.25, -0.2) is 4.79 Å². The Kier molecular flexibility index (Phi) is 4.66. The zero-order valence-corrected chi connectivity index (χ0v) is 6.26. The van der Waals surface area contributed by atoms with Crippen LogP contribution in [0.5, 0.6) is 0 Å². The highest BCUT2D eigenvalue weighted by molar-refractivity contribution is 5.66. The number of alkyl carbamates (subject to hydrolysis) is 1. The molecule has 0 aliphatic rings. The summed E-state index contributed by atoms with van der Waals surface area (Å²) in [6.07, 6.45) is -0.285. The van der Waals surface area contributed by atoms with Crippen LogP contribution in [0.1, 0.15) is 13.3 Å². The van der Waals surface area contributed by atoms with Crippen LogP contribution in [0, 0.1) is 0 Å². The predicted molar refractivity (Wildman–Crippen MR) is 36.7 cm³/mol. The fourth-order valence-corrected chi connectivity index (χ4v) is 0.455. The lowest BCUT2D eigenvalue weighted by atomic mass is 10.3. The summed E-state index contributed by atoms with van der Waals surface area (Å²) in [6.45, 7) is 2.11. The first-order valence-corrected chi connectivity index (χ1v) is 3.16. The van der Waals surface area contributed by atoms with E-state index in [1.807, 2.05) is 0 Å². The van der Waals surface area contributed by atoms with Crippen molar-refractivity contribution < 1.29 is 14.6 Å². The second-order valence-corrected chi connectivity index (χ2v) is 2.06. The number of methoxy groups -OCH3 is 1. The number of hydrogen-bond donors (Lipinski definition) is 2. The average Bonchev–Trinajstić information content (AvgIpc) is 1.87. The monoisotopic (exact) mass is 147 g/mol. The summed E-state index contributed by atoms with van der Waals surface area (Å²) in [4.78, 5) is 10.4. The lowest BCUT2D eigenvalue weighted by molar-refractivity contribution is 0.162. The number of carbonyl (C=O) groups excluding carboxylic acids is 1. The van der Waals surface area contributed by atoms with Crippen LogP contribution in [0.3, 0.4) is 0 Å². The molecule has 0 spiro atoms. The van der Waals surface area contributed by atoms with E-state index < -0.39 is 6.09 Å². The maximum Gasteiger partial charge on any atom is 0.406 e. The topological polar surface area (TPSA) is 58.6 Å². The van der Waals surface area contributed by atoms with Crippen molar-refractivity contribution >= 4 is 6.09 Å². The highest BCUT2D eigenvalue weighted by atomic mass is 16.5. The molecule has 2 N–H and O–H groups in total. The standard InChI is InChI=1S/C6H13NO3/c1-5(8)3-4-7-6(9)10-2/h5,8H,3-4H2,1-2H3,(H,7,9)/t5-/m1/s1. The maximum atomic E-state index is 10.4. The number of aliphatic hydroxyl groups excluding tert-OH is 1. The average molecular weight is 147 g/mol. The van der Waals surface area contributed by atoms with Gasteiger partial charge in [0.1, 0.15) is 0 Å².